The number of methoxy groups -OCH3 is 1. The Balaban J connectivity index is 4.17. The first-order valence-electron chi connectivity index (χ1n) is 5.65. The number of urea groups is 1. The lowest BCUT2D eigenvalue weighted by Gasteiger charge is -2.19. The van der Waals surface area contributed by atoms with Gasteiger partial charge in [-0.1, -0.05) is 13.8 Å². The Morgan fingerprint density at radius 2 is 1.82 bits per heavy atom. The predicted octanol–water partition coefficient (Wildman–Crippen LogP) is 0.820. The van der Waals surface area contributed by atoms with Gasteiger partial charge in [-0.25, -0.2) is 9.59 Å². The van der Waals surface area contributed by atoms with Crippen molar-refractivity contribution in [3.8, 4) is 0 Å². The lowest BCUT2D eigenvalue weighted by Crippen LogP contribution is -2.49. The third-order valence-corrected chi connectivity index (χ3v) is 2.10. The lowest BCUT2D eigenvalue weighted by molar-refractivity contribution is -0.139. The molecule has 0 aromatic carbocycles. The van der Waals surface area contributed by atoms with E-state index in [2.05, 4.69) is 10.6 Å². The van der Waals surface area contributed by atoms with E-state index in [9.17, 15) is 9.59 Å². The zero-order chi connectivity index (χ0) is 13.4. The summed E-state index contributed by atoms with van der Waals surface area (Å²) < 4.78 is 4.86. The number of hydrogen-bond acceptors (Lipinski definition) is 3. The fourth-order valence-corrected chi connectivity index (χ4v) is 1.41. The lowest BCUT2D eigenvalue weighted by atomic mass is 10.0. The number of carbonyl (C=O) groups is 2. The van der Waals surface area contributed by atoms with Gasteiger partial charge in [0.05, 0.1) is 12.6 Å². The molecule has 0 aliphatic carbocycles. The second-order valence-corrected chi connectivity index (χ2v) is 4.49. The average Bonchev–Trinajstić information content (AvgIpc) is 2.15. The van der Waals surface area contributed by atoms with E-state index in [-0.39, 0.29) is 12.0 Å². The normalized spacial score (nSPS) is 14.2. The van der Waals surface area contributed by atoms with Gasteiger partial charge in [0.15, 0.2) is 0 Å². The SMILES string of the molecule is COCC(C)NC(=O)N[C@@H](CC(C)C)C(=O)O. The molecule has 6 nitrogen and oxygen atoms in total. The van der Waals surface area contributed by atoms with Crippen molar-refractivity contribution < 1.29 is 19.4 Å². The number of hydrogen-bond donors (Lipinski definition) is 3. The molecule has 1 unspecified atom stereocenters. The van der Waals surface area contributed by atoms with Gasteiger partial charge in [0.25, 0.3) is 0 Å². The second kappa shape index (κ2) is 7.89. The minimum absolute atomic E-state index is 0.159. The molecule has 3 N–H and O–H groups in total. The molecule has 6 heteroatoms. The molecule has 0 saturated heterocycles. The Morgan fingerprint density at radius 3 is 2.24 bits per heavy atom. The fourth-order valence-electron chi connectivity index (χ4n) is 1.41. The summed E-state index contributed by atoms with van der Waals surface area (Å²) in [6, 6.07) is -1.50. The first kappa shape index (κ1) is 15.7. The molecule has 0 aliphatic heterocycles. The number of ether oxygens (including phenoxy) is 1. The van der Waals surface area contributed by atoms with E-state index in [0.29, 0.717) is 13.0 Å². The highest BCUT2D eigenvalue weighted by molar-refractivity contribution is 5.82. The maximum absolute atomic E-state index is 11.5. The molecule has 0 aliphatic rings. The van der Waals surface area contributed by atoms with Crippen LogP contribution in [0.1, 0.15) is 27.2 Å². The van der Waals surface area contributed by atoms with Crippen LogP contribution in [-0.2, 0) is 9.53 Å². The molecule has 0 bridgehead atoms. The van der Waals surface area contributed by atoms with Crippen LogP contribution in [0.3, 0.4) is 0 Å². The van der Waals surface area contributed by atoms with Crippen molar-refractivity contribution in [1.29, 1.82) is 0 Å². The molecule has 0 fully saturated rings. The van der Waals surface area contributed by atoms with E-state index < -0.39 is 18.0 Å². The highest BCUT2D eigenvalue weighted by atomic mass is 16.5. The van der Waals surface area contributed by atoms with E-state index in [1.807, 2.05) is 13.8 Å². The van der Waals surface area contributed by atoms with Crippen LogP contribution in [0.2, 0.25) is 0 Å². The molecule has 0 rings (SSSR count). The predicted molar refractivity (Wildman–Crippen MR) is 63.9 cm³/mol. The molecule has 0 spiro atoms. The Bertz CT molecular complexity index is 256. The third kappa shape index (κ3) is 7.57. The maximum atomic E-state index is 11.5. The van der Waals surface area contributed by atoms with Gasteiger partial charge >= 0.3 is 12.0 Å². The van der Waals surface area contributed by atoms with Gasteiger partial charge in [0.2, 0.25) is 0 Å². The number of aliphatic carboxylic acids is 1. The molecule has 0 saturated carbocycles. The second-order valence-electron chi connectivity index (χ2n) is 4.49. The standard InChI is InChI=1S/C11H22N2O4/c1-7(2)5-9(10(14)15)13-11(16)12-8(3)6-17-4/h7-9H,5-6H2,1-4H3,(H,14,15)(H2,12,13,16)/t8?,9-/m0/s1. The van der Waals surface area contributed by atoms with E-state index in [0.717, 1.165) is 0 Å². The number of rotatable bonds is 7. The molecule has 2 atom stereocenters. The molecule has 0 aromatic heterocycles. The number of amides is 2. The van der Waals surface area contributed by atoms with Crippen molar-refractivity contribution in [2.24, 2.45) is 5.92 Å². The summed E-state index contributed by atoms with van der Waals surface area (Å²) in [5, 5.41) is 14.0. The zero-order valence-corrected chi connectivity index (χ0v) is 10.8. The largest absolute Gasteiger partial charge is 0.480 e. The quantitative estimate of drug-likeness (QED) is 0.620. The Labute approximate surface area is 102 Å². The summed E-state index contributed by atoms with van der Waals surface area (Å²) >= 11 is 0. The molecule has 17 heavy (non-hydrogen) atoms. The number of carboxylic acids is 1. The first-order valence-corrected chi connectivity index (χ1v) is 5.65. The molecule has 2 amide bonds. The van der Waals surface area contributed by atoms with Crippen molar-refractivity contribution in [2.45, 2.75) is 39.3 Å². The van der Waals surface area contributed by atoms with Gasteiger partial charge in [0, 0.05) is 7.11 Å². The zero-order valence-electron chi connectivity index (χ0n) is 10.8. The van der Waals surface area contributed by atoms with Gasteiger partial charge in [-0.05, 0) is 19.3 Å². The molecule has 100 valence electrons. The van der Waals surface area contributed by atoms with Gasteiger partial charge in [-0.3, -0.25) is 0 Å². The number of nitrogens with one attached hydrogen (secondary N) is 2. The molecule has 0 heterocycles. The van der Waals surface area contributed by atoms with E-state index in [1.54, 1.807) is 6.92 Å². The van der Waals surface area contributed by atoms with Crippen LogP contribution in [0.5, 0.6) is 0 Å². The molecule has 0 radical (unpaired) electrons. The topological polar surface area (TPSA) is 87.7 Å². The third-order valence-electron chi connectivity index (χ3n) is 2.10. The van der Waals surface area contributed by atoms with Crippen LogP contribution < -0.4 is 10.6 Å². The van der Waals surface area contributed by atoms with Gasteiger partial charge in [-0.2, -0.15) is 0 Å². The Hall–Kier alpha value is -1.30. The van der Waals surface area contributed by atoms with Crippen molar-refractivity contribution in [2.75, 3.05) is 13.7 Å². The smallest absolute Gasteiger partial charge is 0.326 e. The highest BCUT2D eigenvalue weighted by Gasteiger charge is 2.21. The average molecular weight is 246 g/mol. The fraction of sp³-hybridized carbons (Fsp3) is 0.818. The number of carbonyl (C=O) groups excluding carboxylic acids is 1. The van der Waals surface area contributed by atoms with Crippen molar-refractivity contribution >= 4 is 12.0 Å². The van der Waals surface area contributed by atoms with Gasteiger partial charge in [-0.15, -0.1) is 0 Å². The summed E-state index contributed by atoms with van der Waals surface area (Å²) in [5.41, 5.74) is 0. The van der Waals surface area contributed by atoms with Crippen molar-refractivity contribution in [3.63, 3.8) is 0 Å². The maximum Gasteiger partial charge on any atom is 0.326 e. The van der Waals surface area contributed by atoms with Crippen LogP contribution in [-0.4, -0.2) is 42.9 Å². The van der Waals surface area contributed by atoms with E-state index in [1.165, 1.54) is 7.11 Å². The van der Waals surface area contributed by atoms with Crippen molar-refractivity contribution in [1.82, 2.24) is 10.6 Å². The Morgan fingerprint density at radius 1 is 1.24 bits per heavy atom. The Kier molecular flexibility index (Phi) is 7.29. The van der Waals surface area contributed by atoms with Crippen LogP contribution in [0.15, 0.2) is 0 Å². The minimum Gasteiger partial charge on any atom is -0.480 e. The monoisotopic (exact) mass is 246 g/mol. The van der Waals surface area contributed by atoms with Gasteiger partial charge < -0.3 is 20.5 Å². The molecular weight excluding hydrogens is 224 g/mol. The molecule has 0 aromatic rings. The summed E-state index contributed by atoms with van der Waals surface area (Å²) in [6.45, 7) is 5.97. The minimum atomic E-state index is -1.02. The van der Waals surface area contributed by atoms with Crippen LogP contribution in [0.25, 0.3) is 0 Å². The van der Waals surface area contributed by atoms with Gasteiger partial charge in [0.1, 0.15) is 6.04 Å². The van der Waals surface area contributed by atoms with Crippen molar-refractivity contribution in [3.05, 3.63) is 0 Å². The highest BCUT2D eigenvalue weighted by Crippen LogP contribution is 2.04. The van der Waals surface area contributed by atoms with Crippen LogP contribution in [0.4, 0.5) is 4.79 Å². The summed E-state index contributed by atoms with van der Waals surface area (Å²) in [5.74, 6) is -0.818. The van der Waals surface area contributed by atoms with Crippen LogP contribution in [0, 0.1) is 5.92 Å². The summed E-state index contributed by atoms with van der Waals surface area (Å²) in [7, 11) is 1.54. The first-order chi connectivity index (χ1) is 7.86. The number of carboxylic acid groups (broad SMARTS) is 1. The van der Waals surface area contributed by atoms with E-state index in [4.69, 9.17) is 9.84 Å². The summed E-state index contributed by atoms with van der Waals surface area (Å²) in [4.78, 5) is 22.4. The van der Waals surface area contributed by atoms with Crippen LogP contribution >= 0.6 is 0 Å². The molecular formula is C11H22N2O4. The summed E-state index contributed by atoms with van der Waals surface area (Å²) in [6.07, 6.45) is 0.404. The van der Waals surface area contributed by atoms with E-state index >= 15 is 0 Å².